The monoisotopic (exact) mass is 349 g/mol. The number of carbonyl (C=O) groups excluding carboxylic acids is 1. The van der Waals surface area contributed by atoms with Crippen LogP contribution in [0.25, 0.3) is 5.69 Å². The van der Waals surface area contributed by atoms with Gasteiger partial charge in [0.25, 0.3) is 5.91 Å². The Hall–Kier alpha value is -2.92. The number of hydrogen-bond acceptors (Lipinski definition) is 3. The number of hydrogen-bond donors (Lipinski definition) is 1. The van der Waals surface area contributed by atoms with Gasteiger partial charge in [-0.25, -0.2) is 4.68 Å². The third kappa shape index (κ3) is 4.37. The molecule has 0 bridgehead atoms. The van der Waals surface area contributed by atoms with Gasteiger partial charge in [-0.15, -0.1) is 0 Å². The van der Waals surface area contributed by atoms with Crippen molar-refractivity contribution in [1.29, 1.82) is 0 Å². The lowest BCUT2D eigenvalue weighted by atomic mass is 10.1. The Labute approximate surface area is 153 Å². The number of aliphatic hydroxyl groups is 1. The predicted molar refractivity (Wildman–Crippen MR) is 101 cm³/mol. The minimum absolute atomic E-state index is 0.0504. The molecule has 5 nitrogen and oxygen atoms in total. The van der Waals surface area contributed by atoms with Crippen LogP contribution in [-0.2, 0) is 6.42 Å². The van der Waals surface area contributed by atoms with E-state index in [9.17, 15) is 9.90 Å². The van der Waals surface area contributed by atoms with Crippen molar-refractivity contribution >= 4 is 5.91 Å². The van der Waals surface area contributed by atoms with Crippen molar-refractivity contribution in [2.24, 2.45) is 0 Å². The van der Waals surface area contributed by atoms with E-state index in [4.69, 9.17) is 0 Å². The summed E-state index contributed by atoms with van der Waals surface area (Å²) in [6.07, 6.45) is 4.50. The largest absolute Gasteiger partial charge is 0.395 e. The Morgan fingerprint density at radius 3 is 2.42 bits per heavy atom. The third-order valence-electron chi connectivity index (χ3n) is 4.26. The van der Waals surface area contributed by atoms with E-state index in [1.165, 1.54) is 5.56 Å². The highest BCUT2D eigenvalue weighted by Gasteiger charge is 2.15. The number of amides is 1. The molecule has 0 saturated carbocycles. The van der Waals surface area contributed by atoms with Crippen molar-refractivity contribution in [2.45, 2.75) is 13.3 Å². The highest BCUT2D eigenvalue weighted by molar-refractivity contribution is 5.94. The average molecular weight is 349 g/mol. The number of aromatic nitrogens is 2. The van der Waals surface area contributed by atoms with Crippen molar-refractivity contribution in [2.75, 3.05) is 19.7 Å². The molecule has 0 saturated heterocycles. The zero-order chi connectivity index (χ0) is 18.4. The molecule has 134 valence electrons. The van der Waals surface area contributed by atoms with E-state index in [0.717, 1.165) is 17.7 Å². The molecular formula is C21H23N3O2. The van der Waals surface area contributed by atoms with Crippen LogP contribution in [0.5, 0.6) is 0 Å². The van der Waals surface area contributed by atoms with Crippen molar-refractivity contribution < 1.29 is 9.90 Å². The molecule has 1 amide bonds. The van der Waals surface area contributed by atoms with Gasteiger partial charge in [0.15, 0.2) is 0 Å². The summed E-state index contributed by atoms with van der Waals surface area (Å²) in [5, 5.41) is 13.6. The van der Waals surface area contributed by atoms with Gasteiger partial charge in [0.1, 0.15) is 0 Å². The van der Waals surface area contributed by atoms with Crippen molar-refractivity contribution in [3.8, 4) is 5.69 Å². The molecule has 0 aliphatic carbocycles. The highest BCUT2D eigenvalue weighted by Crippen LogP contribution is 2.12. The summed E-state index contributed by atoms with van der Waals surface area (Å²) in [6, 6.07) is 17.4. The van der Waals surface area contributed by atoms with E-state index in [-0.39, 0.29) is 12.5 Å². The number of carbonyl (C=O) groups is 1. The standard InChI is InChI=1S/C21H23N3O2/c1-17-15-22-24(16-17)20-9-7-19(8-10-20)21(26)23(13-14-25)12-11-18-5-3-2-4-6-18/h2-10,15-16,25H,11-14H2,1H3. The van der Waals surface area contributed by atoms with Gasteiger partial charge < -0.3 is 10.0 Å². The Bertz CT molecular complexity index is 841. The Kier molecular flexibility index (Phi) is 5.81. The first-order valence-corrected chi connectivity index (χ1v) is 8.73. The van der Waals surface area contributed by atoms with Crippen LogP contribution < -0.4 is 0 Å². The first-order chi connectivity index (χ1) is 12.7. The number of aliphatic hydroxyl groups excluding tert-OH is 1. The maximum absolute atomic E-state index is 12.8. The Morgan fingerprint density at radius 2 is 1.81 bits per heavy atom. The van der Waals surface area contributed by atoms with Gasteiger partial charge in [-0.2, -0.15) is 5.10 Å². The van der Waals surface area contributed by atoms with E-state index >= 15 is 0 Å². The van der Waals surface area contributed by atoms with Crippen LogP contribution in [0.15, 0.2) is 67.0 Å². The lowest BCUT2D eigenvalue weighted by Gasteiger charge is -2.22. The van der Waals surface area contributed by atoms with E-state index in [1.54, 1.807) is 15.8 Å². The maximum atomic E-state index is 12.8. The molecule has 2 aromatic carbocycles. The summed E-state index contributed by atoms with van der Waals surface area (Å²) in [4.78, 5) is 14.5. The fourth-order valence-corrected chi connectivity index (χ4v) is 2.84. The molecule has 1 N–H and O–H groups in total. The molecule has 0 spiro atoms. The molecule has 0 atom stereocenters. The Balaban J connectivity index is 1.70. The van der Waals surface area contributed by atoms with Crippen LogP contribution in [0.3, 0.4) is 0 Å². The molecule has 0 aliphatic rings. The van der Waals surface area contributed by atoms with Gasteiger partial charge in [-0.3, -0.25) is 4.79 Å². The molecule has 0 radical (unpaired) electrons. The van der Waals surface area contributed by atoms with E-state index in [0.29, 0.717) is 18.7 Å². The van der Waals surface area contributed by atoms with Crippen LogP contribution in [0.1, 0.15) is 21.5 Å². The second-order valence-electron chi connectivity index (χ2n) is 6.26. The summed E-state index contributed by atoms with van der Waals surface area (Å²) in [5.74, 6) is -0.0711. The first-order valence-electron chi connectivity index (χ1n) is 8.73. The average Bonchev–Trinajstić information content (AvgIpc) is 3.12. The van der Waals surface area contributed by atoms with Gasteiger partial charge in [-0.1, -0.05) is 30.3 Å². The second-order valence-corrected chi connectivity index (χ2v) is 6.26. The summed E-state index contributed by atoms with van der Waals surface area (Å²) < 4.78 is 1.78. The quantitative estimate of drug-likeness (QED) is 0.713. The van der Waals surface area contributed by atoms with Gasteiger partial charge in [0.2, 0.25) is 0 Å². The smallest absolute Gasteiger partial charge is 0.253 e. The zero-order valence-corrected chi connectivity index (χ0v) is 14.9. The number of rotatable bonds is 7. The van der Waals surface area contributed by atoms with Gasteiger partial charge in [0.05, 0.1) is 18.5 Å². The SMILES string of the molecule is Cc1cnn(-c2ccc(C(=O)N(CCO)CCc3ccccc3)cc2)c1. The lowest BCUT2D eigenvalue weighted by molar-refractivity contribution is 0.0724. The lowest BCUT2D eigenvalue weighted by Crippen LogP contribution is -2.35. The normalized spacial score (nSPS) is 10.7. The molecule has 26 heavy (non-hydrogen) atoms. The molecule has 3 aromatic rings. The van der Waals surface area contributed by atoms with Crippen LogP contribution in [0, 0.1) is 6.92 Å². The summed E-state index contributed by atoms with van der Waals surface area (Å²) in [7, 11) is 0. The molecular weight excluding hydrogens is 326 g/mol. The molecule has 0 aliphatic heterocycles. The first kappa shape index (κ1) is 17.9. The fraction of sp³-hybridized carbons (Fsp3) is 0.238. The summed E-state index contributed by atoms with van der Waals surface area (Å²) in [6.45, 7) is 2.83. The molecule has 3 rings (SSSR count). The van der Waals surface area contributed by atoms with Gasteiger partial charge in [0, 0.05) is 24.8 Å². The zero-order valence-electron chi connectivity index (χ0n) is 14.9. The van der Waals surface area contributed by atoms with Gasteiger partial charge >= 0.3 is 0 Å². The predicted octanol–water partition coefficient (Wildman–Crippen LogP) is 2.86. The second kappa shape index (κ2) is 8.45. The van der Waals surface area contributed by atoms with Gasteiger partial charge in [-0.05, 0) is 48.7 Å². The van der Waals surface area contributed by atoms with Crippen molar-refractivity contribution in [1.82, 2.24) is 14.7 Å². The van der Waals surface area contributed by atoms with Crippen LogP contribution in [-0.4, -0.2) is 45.4 Å². The molecule has 0 fully saturated rings. The van der Waals surface area contributed by atoms with Crippen molar-refractivity contribution in [3.63, 3.8) is 0 Å². The van der Waals surface area contributed by atoms with Crippen LogP contribution >= 0.6 is 0 Å². The molecule has 1 aromatic heterocycles. The van der Waals surface area contributed by atoms with Crippen LogP contribution in [0.4, 0.5) is 0 Å². The van der Waals surface area contributed by atoms with E-state index in [2.05, 4.69) is 5.10 Å². The summed E-state index contributed by atoms with van der Waals surface area (Å²) >= 11 is 0. The number of aryl methyl sites for hydroxylation is 1. The number of benzene rings is 2. The van der Waals surface area contributed by atoms with E-state index in [1.807, 2.05) is 67.7 Å². The molecule has 0 unspecified atom stereocenters. The fourth-order valence-electron chi connectivity index (χ4n) is 2.84. The molecule has 5 heteroatoms. The Morgan fingerprint density at radius 1 is 1.08 bits per heavy atom. The highest BCUT2D eigenvalue weighted by atomic mass is 16.3. The summed E-state index contributed by atoms with van der Waals surface area (Å²) in [5.41, 5.74) is 3.78. The van der Waals surface area contributed by atoms with Crippen LogP contribution in [0.2, 0.25) is 0 Å². The minimum Gasteiger partial charge on any atom is -0.395 e. The topological polar surface area (TPSA) is 58.4 Å². The molecule has 1 heterocycles. The third-order valence-corrected chi connectivity index (χ3v) is 4.26. The maximum Gasteiger partial charge on any atom is 0.253 e. The van der Waals surface area contributed by atoms with E-state index < -0.39 is 0 Å². The van der Waals surface area contributed by atoms with Crippen molar-refractivity contribution in [3.05, 3.63) is 83.7 Å². The minimum atomic E-state index is -0.0711. The number of nitrogens with zero attached hydrogens (tertiary/aromatic N) is 3.